The Bertz CT molecular complexity index is 785. The lowest BCUT2D eigenvalue weighted by Gasteiger charge is -2.36. The molecule has 3 aliphatic rings. The largest absolute Gasteiger partial charge is 0.490 e. The molecule has 2 aliphatic heterocycles. The summed E-state index contributed by atoms with van der Waals surface area (Å²) in [7, 11) is 2.29. The Kier molecular flexibility index (Phi) is 4.24. The van der Waals surface area contributed by atoms with E-state index in [4.69, 9.17) is 4.74 Å². The zero-order valence-corrected chi connectivity index (χ0v) is 15.8. The number of piperidine rings is 1. The van der Waals surface area contributed by atoms with Crippen LogP contribution in [0.4, 0.5) is 0 Å². The first-order valence-corrected chi connectivity index (χ1v) is 10.3. The minimum atomic E-state index is 0.391. The third-order valence-corrected chi connectivity index (χ3v) is 6.93. The predicted octanol–water partition coefficient (Wildman–Crippen LogP) is 4.77. The highest BCUT2D eigenvalue weighted by Crippen LogP contribution is 2.36. The summed E-state index contributed by atoms with van der Waals surface area (Å²) in [6.45, 7) is 0. The topological polar surface area (TPSA) is 12.5 Å². The van der Waals surface area contributed by atoms with E-state index in [1.807, 2.05) is 0 Å². The van der Waals surface area contributed by atoms with Crippen LogP contribution in [0, 0.1) is 0 Å². The average molecular weight is 348 g/mol. The third kappa shape index (κ3) is 3.05. The van der Waals surface area contributed by atoms with Gasteiger partial charge in [-0.05, 0) is 92.8 Å². The summed E-state index contributed by atoms with van der Waals surface area (Å²) in [4.78, 5) is 2.58. The maximum Gasteiger partial charge on any atom is 0.120 e. The number of ether oxygens (including phenoxy) is 1. The van der Waals surface area contributed by atoms with Crippen LogP contribution in [0.15, 0.2) is 42.5 Å². The molecule has 2 heterocycles. The van der Waals surface area contributed by atoms with Gasteiger partial charge in [0, 0.05) is 12.1 Å². The molecule has 2 heteroatoms. The van der Waals surface area contributed by atoms with Gasteiger partial charge in [0.15, 0.2) is 0 Å². The Hall–Kier alpha value is -1.80. The van der Waals surface area contributed by atoms with Gasteiger partial charge in [-0.3, -0.25) is 0 Å². The monoisotopic (exact) mass is 347 g/mol. The van der Waals surface area contributed by atoms with Crippen molar-refractivity contribution in [2.24, 2.45) is 0 Å². The lowest BCUT2D eigenvalue weighted by molar-refractivity contribution is 0.0661. The SMILES string of the molecule is CN1[C@@H]2CC[C@H]1CC(Oc1ccc3c(c1)Cc1ccccc1CCC3)C2. The molecule has 1 unspecified atom stereocenters. The molecule has 136 valence electrons. The van der Waals surface area contributed by atoms with Crippen molar-refractivity contribution in [2.75, 3.05) is 7.05 Å². The van der Waals surface area contributed by atoms with E-state index in [1.54, 1.807) is 0 Å². The lowest BCUT2D eigenvalue weighted by atomic mass is 9.88. The summed E-state index contributed by atoms with van der Waals surface area (Å²) in [5, 5.41) is 0. The van der Waals surface area contributed by atoms with Crippen LogP contribution in [0.1, 0.15) is 54.4 Å². The van der Waals surface area contributed by atoms with Crippen LogP contribution in [0.3, 0.4) is 0 Å². The predicted molar refractivity (Wildman–Crippen MR) is 106 cm³/mol. The zero-order valence-electron chi connectivity index (χ0n) is 15.8. The van der Waals surface area contributed by atoms with Crippen LogP contribution in [-0.2, 0) is 19.3 Å². The van der Waals surface area contributed by atoms with E-state index >= 15 is 0 Å². The molecular formula is C24H29NO. The number of hydrogen-bond donors (Lipinski definition) is 0. The van der Waals surface area contributed by atoms with Crippen molar-refractivity contribution in [1.82, 2.24) is 4.90 Å². The molecule has 26 heavy (non-hydrogen) atoms. The fraction of sp³-hybridized carbons (Fsp3) is 0.500. The van der Waals surface area contributed by atoms with E-state index in [0.29, 0.717) is 6.10 Å². The Morgan fingerprint density at radius 2 is 1.54 bits per heavy atom. The van der Waals surface area contributed by atoms with Crippen LogP contribution in [0.25, 0.3) is 0 Å². The zero-order chi connectivity index (χ0) is 17.5. The first-order valence-electron chi connectivity index (χ1n) is 10.3. The second kappa shape index (κ2) is 6.74. The molecule has 2 fully saturated rings. The minimum Gasteiger partial charge on any atom is -0.490 e. The molecule has 0 N–H and O–H groups in total. The molecule has 0 amide bonds. The standard InChI is InChI=1S/C24H29NO/c1-25-21-10-11-22(25)16-24(15-21)26-23-12-9-18-8-4-7-17-5-2-3-6-19(17)13-20(18)14-23/h2-3,5-6,9,12,14,21-22,24H,4,7-8,10-11,13,15-16H2,1H3/t21-,22+,24?. The van der Waals surface area contributed by atoms with Gasteiger partial charge >= 0.3 is 0 Å². The maximum atomic E-state index is 6.48. The highest BCUT2D eigenvalue weighted by atomic mass is 16.5. The van der Waals surface area contributed by atoms with Crippen molar-refractivity contribution in [2.45, 2.75) is 69.6 Å². The van der Waals surface area contributed by atoms with E-state index in [1.165, 1.54) is 67.2 Å². The van der Waals surface area contributed by atoms with Gasteiger partial charge in [0.25, 0.3) is 0 Å². The Balaban J connectivity index is 1.37. The van der Waals surface area contributed by atoms with E-state index in [0.717, 1.165) is 24.3 Å². The summed E-state index contributed by atoms with van der Waals surface area (Å²) in [6, 6.07) is 17.3. The maximum absolute atomic E-state index is 6.48. The van der Waals surface area contributed by atoms with Crippen molar-refractivity contribution in [3.63, 3.8) is 0 Å². The first kappa shape index (κ1) is 16.4. The van der Waals surface area contributed by atoms with Gasteiger partial charge in [0.05, 0.1) is 0 Å². The second-order valence-electron chi connectivity index (χ2n) is 8.49. The third-order valence-electron chi connectivity index (χ3n) is 6.93. The van der Waals surface area contributed by atoms with Crippen LogP contribution in [0.5, 0.6) is 5.75 Å². The highest BCUT2D eigenvalue weighted by Gasteiger charge is 2.39. The molecule has 5 rings (SSSR count). The number of nitrogens with zero attached hydrogens (tertiary/aromatic N) is 1. The van der Waals surface area contributed by atoms with Crippen molar-refractivity contribution in [3.05, 3.63) is 64.7 Å². The van der Waals surface area contributed by atoms with E-state index in [2.05, 4.69) is 54.4 Å². The van der Waals surface area contributed by atoms with E-state index < -0.39 is 0 Å². The summed E-state index contributed by atoms with van der Waals surface area (Å²) in [5.74, 6) is 1.08. The quantitative estimate of drug-likeness (QED) is 0.776. The molecule has 2 saturated heterocycles. The normalized spacial score (nSPS) is 28.0. The first-order chi connectivity index (χ1) is 12.8. The molecule has 3 atom stereocenters. The summed E-state index contributed by atoms with van der Waals surface area (Å²) >= 11 is 0. The van der Waals surface area contributed by atoms with E-state index in [-0.39, 0.29) is 0 Å². The number of rotatable bonds is 2. The van der Waals surface area contributed by atoms with Gasteiger partial charge in [-0.15, -0.1) is 0 Å². The summed E-state index contributed by atoms with van der Waals surface area (Å²) < 4.78 is 6.48. The Morgan fingerprint density at radius 1 is 0.846 bits per heavy atom. The van der Waals surface area contributed by atoms with Crippen molar-refractivity contribution in [3.8, 4) is 5.75 Å². The number of benzene rings is 2. The minimum absolute atomic E-state index is 0.391. The van der Waals surface area contributed by atoms with Gasteiger partial charge in [0.2, 0.25) is 0 Å². The van der Waals surface area contributed by atoms with Crippen LogP contribution >= 0.6 is 0 Å². The van der Waals surface area contributed by atoms with Crippen LogP contribution in [-0.4, -0.2) is 30.1 Å². The second-order valence-corrected chi connectivity index (χ2v) is 8.49. The fourth-order valence-corrected chi connectivity index (χ4v) is 5.38. The van der Waals surface area contributed by atoms with Gasteiger partial charge in [-0.2, -0.15) is 0 Å². The summed E-state index contributed by atoms with van der Waals surface area (Å²) in [5.41, 5.74) is 5.99. The molecule has 0 saturated carbocycles. The van der Waals surface area contributed by atoms with Gasteiger partial charge in [-0.25, -0.2) is 0 Å². The highest BCUT2D eigenvalue weighted by molar-refractivity contribution is 5.42. The number of fused-ring (bicyclic) bond motifs is 4. The Morgan fingerprint density at radius 3 is 2.31 bits per heavy atom. The smallest absolute Gasteiger partial charge is 0.120 e. The molecule has 2 aromatic rings. The molecular weight excluding hydrogens is 318 g/mol. The van der Waals surface area contributed by atoms with Crippen molar-refractivity contribution in [1.29, 1.82) is 0 Å². The number of aryl methyl sites for hydroxylation is 2. The van der Waals surface area contributed by atoms with Gasteiger partial charge in [0.1, 0.15) is 11.9 Å². The van der Waals surface area contributed by atoms with Crippen molar-refractivity contribution >= 4 is 0 Å². The van der Waals surface area contributed by atoms with Gasteiger partial charge in [-0.1, -0.05) is 30.3 Å². The average Bonchev–Trinajstić information content (AvgIpc) is 2.84. The molecule has 0 spiro atoms. The molecule has 0 radical (unpaired) electrons. The van der Waals surface area contributed by atoms with Crippen molar-refractivity contribution < 1.29 is 4.74 Å². The molecule has 2 nitrogen and oxygen atoms in total. The molecule has 2 bridgehead atoms. The van der Waals surface area contributed by atoms with Crippen LogP contribution in [0.2, 0.25) is 0 Å². The molecule has 0 aromatic heterocycles. The summed E-state index contributed by atoms with van der Waals surface area (Å²) in [6.07, 6.45) is 10.1. The Labute approximate surface area is 157 Å². The molecule has 2 aromatic carbocycles. The van der Waals surface area contributed by atoms with Crippen LogP contribution < -0.4 is 4.74 Å². The number of hydrogen-bond acceptors (Lipinski definition) is 2. The lowest BCUT2D eigenvalue weighted by Crippen LogP contribution is -2.43. The van der Waals surface area contributed by atoms with E-state index in [9.17, 15) is 0 Å². The van der Waals surface area contributed by atoms with Gasteiger partial charge < -0.3 is 9.64 Å². The molecule has 1 aliphatic carbocycles. The fourth-order valence-electron chi connectivity index (χ4n) is 5.38.